The summed E-state index contributed by atoms with van der Waals surface area (Å²) in [6.07, 6.45) is 0.830. The molecule has 0 fully saturated rings. The van der Waals surface area contributed by atoms with Crippen LogP contribution in [0.15, 0.2) is 24.3 Å². The summed E-state index contributed by atoms with van der Waals surface area (Å²) in [4.78, 5) is 12.0. The molecule has 0 radical (unpaired) electrons. The molecule has 0 unspecified atom stereocenters. The minimum Gasteiger partial charge on any atom is -0.296 e. The number of hydrogen-bond acceptors (Lipinski definition) is 4. The minimum atomic E-state index is -0.144. The average molecular weight is 275 g/mol. The van der Waals surface area contributed by atoms with E-state index in [1.807, 2.05) is 31.2 Å². The summed E-state index contributed by atoms with van der Waals surface area (Å²) in [5.41, 5.74) is 1.86. The van der Waals surface area contributed by atoms with Gasteiger partial charge in [-0.25, -0.2) is 0 Å². The maximum Gasteiger partial charge on any atom is 0.257 e. The van der Waals surface area contributed by atoms with E-state index in [9.17, 15) is 4.79 Å². The Balaban J connectivity index is 2.07. The molecule has 0 bridgehead atoms. The van der Waals surface area contributed by atoms with Crippen LogP contribution in [-0.4, -0.2) is 16.1 Å². The monoisotopic (exact) mass is 275 g/mol. The van der Waals surface area contributed by atoms with E-state index in [-0.39, 0.29) is 5.91 Å². The highest BCUT2D eigenvalue weighted by Gasteiger charge is 2.10. The predicted octanol–water partition coefficient (Wildman–Crippen LogP) is 3.48. The smallest absolute Gasteiger partial charge is 0.257 e. The molecule has 2 rings (SSSR count). The average Bonchev–Trinajstić information content (AvgIpc) is 2.86. The van der Waals surface area contributed by atoms with Gasteiger partial charge in [-0.1, -0.05) is 44.2 Å². The number of hydrogen-bond donors (Lipinski definition) is 1. The second-order valence-electron chi connectivity index (χ2n) is 4.59. The fraction of sp³-hybridized carbons (Fsp3) is 0.357. The van der Waals surface area contributed by atoms with Crippen molar-refractivity contribution in [1.82, 2.24) is 10.2 Å². The van der Waals surface area contributed by atoms with Gasteiger partial charge in [0.25, 0.3) is 5.91 Å². The van der Waals surface area contributed by atoms with E-state index in [4.69, 9.17) is 0 Å². The third-order valence-electron chi connectivity index (χ3n) is 2.83. The SMILES string of the molecule is CCc1nnc(NC(=O)c2ccc(C(C)C)cc2)s1. The summed E-state index contributed by atoms with van der Waals surface area (Å²) >= 11 is 1.41. The van der Waals surface area contributed by atoms with E-state index in [1.165, 1.54) is 16.9 Å². The van der Waals surface area contributed by atoms with E-state index in [2.05, 4.69) is 29.4 Å². The number of aryl methyl sites for hydroxylation is 1. The zero-order chi connectivity index (χ0) is 13.8. The Morgan fingerprint density at radius 1 is 1.26 bits per heavy atom. The molecule has 0 saturated heterocycles. The number of carbonyl (C=O) groups excluding carboxylic acids is 1. The molecule has 19 heavy (non-hydrogen) atoms. The van der Waals surface area contributed by atoms with Gasteiger partial charge < -0.3 is 0 Å². The number of aromatic nitrogens is 2. The first-order valence-electron chi connectivity index (χ1n) is 6.33. The summed E-state index contributed by atoms with van der Waals surface area (Å²) in [7, 11) is 0. The lowest BCUT2D eigenvalue weighted by molar-refractivity contribution is 0.102. The van der Waals surface area contributed by atoms with E-state index < -0.39 is 0 Å². The van der Waals surface area contributed by atoms with Crippen LogP contribution in [0.25, 0.3) is 0 Å². The van der Waals surface area contributed by atoms with Gasteiger partial charge in [0.2, 0.25) is 5.13 Å². The van der Waals surface area contributed by atoms with Crippen LogP contribution in [0, 0.1) is 0 Å². The molecule has 1 amide bonds. The maximum atomic E-state index is 12.0. The van der Waals surface area contributed by atoms with Crippen LogP contribution >= 0.6 is 11.3 Å². The summed E-state index contributed by atoms with van der Waals surface area (Å²) in [6.45, 7) is 6.27. The molecule has 0 aliphatic carbocycles. The lowest BCUT2D eigenvalue weighted by atomic mass is 10.0. The predicted molar refractivity (Wildman–Crippen MR) is 77.8 cm³/mol. The van der Waals surface area contributed by atoms with Crippen molar-refractivity contribution in [3.8, 4) is 0 Å². The highest BCUT2D eigenvalue weighted by molar-refractivity contribution is 7.15. The van der Waals surface area contributed by atoms with Crippen LogP contribution in [0.5, 0.6) is 0 Å². The molecule has 0 atom stereocenters. The first-order valence-corrected chi connectivity index (χ1v) is 7.15. The topological polar surface area (TPSA) is 54.9 Å². The number of amides is 1. The number of nitrogens with zero attached hydrogens (tertiary/aromatic N) is 2. The third kappa shape index (κ3) is 3.38. The van der Waals surface area contributed by atoms with Crippen molar-refractivity contribution in [3.05, 3.63) is 40.4 Å². The zero-order valence-electron chi connectivity index (χ0n) is 11.3. The van der Waals surface area contributed by atoms with Crippen molar-refractivity contribution in [1.29, 1.82) is 0 Å². The summed E-state index contributed by atoms with van der Waals surface area (Å²) in [5, 5.41) is 12.1. The highest BCUT2D eigenvalue weighted by atomic mass is 32.1. The van der Waals surface area contributed by atoms with Crippen molar-refractivity contribution in [2.75, 3.05) is 5.32 Å². The molecule has 0 aliphatic heterocycles. The lowest BCUT2D eigenvalue weighted by Crippen LogP contribution is -2.11. The summed E-state index contributed by atoms with van der Waals surface area (Å²) < 4.78 is 0. The molecule has 0 saturated carbocycles. The van der Waals surface area contributed by atoms with Gasteiger partial charge >= 0.3 is 0 Å². The van der Waals surface area contributed by atoms with Gasteiger partial charge in [-0.05, 0) is 30.0 Å². The molecular formula is C14H17N3OS. The number of anilines is 1. The Labute approximate surface area is 116 Å². The quantitative estimate of drug-likeness (QED) is 0.929. The normalized spacial score (nSPS) is 10.7. The van der Waals surface area contributed by atoms with Crippen molar-refractivity contribution in [3.63, 3.8) is 0 Å². The Morgan fingerprint density at radius 3 is 2.47 bits per heavy atom. The van der Waals surface area contributed by atoms with E-state index in [0.717, 1.165) is 11.4 Å². The van der Waals surface area contributed by atoms with E-state index in [1.54, 1.807) is 0 Å². The van der Waals surface area contributed by atoms with Gasteiger partial charge in [0.15, 0.2) is 0 Å². The Morgan fingerprint density at radius 2 is 1.95 bits per heavy atom. The van der Waals surface area contributed by atoms with E-state index >= 15 is 0 Å². The largest absolute Gasteiger partial charge is 0.296 e. The Kier molecular flexibility index (Phi) is 4.27. The Bertz CT molecular complexity index is 560. The van der Waals surface area contributed by atoms with Crippen molar-refractivity contribution >= 4 is 22.4 Å². The second-order valence-corrected chi connectivity index (χ2v) is 5.65. The van der Waals surface area contributed by atoms with Crippen LogP contribution < -0.4 is 5.32 Å². The molecule has 2 aromatic rings. The van der Waals surface area contributed by atoms with Crippen molar-refractivity contribution < 1.29 is 4.79 Å². The number of rotatable bonds is 4. The molecule has 1 aromatic heterocycles. The fourth-order valence-electron chi connectivity index (χ4n) is 1.64. The van der Waals surface area contributed by atoms with Crippen LogP contribution in [-0.2, 0) is 6.42 Å². The molecular weight excluding hydrogens is 258 g/mol. The molecule has 100 valence electrons. The van der Waals surface area contributed by atoms with Crippen molar-refractivity contribution in [2.45, 2.75) is 33.1 Å². The van der Waals surface area contributed by atoms with Crippen LogP contribution in [0.3, 0.4) is 0 Å². The van der Waals surface area contributed by atoms with Crippen LogP contribution in [0.2, 0.25) is 0 Å². The van der Waals surface area contributed by atoms with Crippen LogP contribution in [0.4, 0.5) is 5.13 Å². The number of benzene rings is 1. The molecule has 4 nitrogen and oxygen atoms in total. The van der Waals surface area contributed by atoms with Crippen molar-refractivity contribution in [2.24, 2.45) is 0 Å². The maximum absolute atomic E-state index is 12.0. The summed E-state index contributed by atoms with van der Waals surface area (Å²) in [6, 6.07) is 7.65. The Hall–Kier alpha value is -1.75. The fourth-order valence-corrected chi connectivity index (χ4v) is 2.31. The van der Waals surface area contributed by atoms with Crippen LogP contribution in [0.1, 0.15) is 47.6 Å². The molecule has 1 aromatic carbocycles. The highest BCUT2D eigenvalue weighted by Crippen LogP contribution is 2.18. The third-order valence-corrected chi connectivity index (χ3v) is 3.81. The minimum absolute atomic E-state index is 0.144. The standard InChI is InChI=1S/C14H17N3OS/c1-4-12-16-17-14(19-12)15-13(18)11-7-5-10(6-8-11)9(2)3/h5-9H,4H2,1-3H3,(H,15,17,18). The molecule has 1 heterocycles. The second kappa shape index (κ2) is 5.93. The van der Waals surface area contributed by atoms with Gasteiger partial charge in [0.05, 0.1) is 0 Å². The lowest BCUT2D eigenvalue weighted by Gasteiger charge is -2.06. The molecule has 0 spiro atoms. The zero-order valence-corrected chi connectivity index (χ0v) is 12.1. The molecule has 1 N–H and O–H groups in total. The molecule has 0 aliphatic rings. The molecule has 5 heteroatoms. The summed E-state index contributed by atoms with van der Waals surface area (Å²) in [5.74, 6) is 0.321. The number of nitrogens with one attached hydrogen (secondary N) is 1. The van der Waals surface area contributed by atoms with Gasteiger partial charge in [-0.3, -0.25) is 10.1 Å². The number of carbonyl (C=O) groups is 1. The first kappa shape index (κ1) is 13.7. The first-order chi connectivity index (χ1) is 9.10. The van der Waals surface area contributed by atoms with Gasteiger partial charge in [-0.15, -0.1) is 10.2 Å². The van der Waals surface area contributed by atoms with Gasteiger partial charge in [-0.2, -0.15) is 0 Å². The van der Waals surface area contributed by atoms with Gasteiger partial charge in [0, 0.05) is 5.56 Å². The van der Waals surface area contributed by atoms with Gasteiger partial charge in [0.1, 0.15) is 5.01 Å². The van der Waals surface area contributed by atoms with E-state index in [0.29, 0.717) is 16.6 Å².